The van der Waals surface area contributed by atoms with Crippen LogP contribution in [0.5, 0.6) is 0 Å². The molecule has 0 bridgehead atoms. The van der Waals surface area contributed by atoms with Gasteiger partial charge in [0.1, 0.15) is 6.33 Å². The Labute approximate surface area is 71.6 Å². The summed E-state index contributed by atoms with van der Waals surface area (Å²) < 4.78 is 0. The number of halogens is 1. The molecule has 0 radical (unpaired) electrons. The zero-order valence-electron chi connectivity index (χ0n) is 6.66. The fraction of sp³-hybridized carbons (Fsp3) is 0.500. The second kappa shape index (κ2) is 3.67. The smallest absolute Gasteiger partial charge is 0.115 e. The molecule has 2 nitrogen and oxygen atoms in total. The largest absolute Gasteiger partial charge is 0.245 e. The standard InChI is InChI=1S/C8H11ClN2/c1-6(7(2)9)8-3-4-10-5-11-8/h3-7H,1-2H3. The molecule has 0 saturated carbocycles. The van der Waals surface area contributed by atoms with Crippen molar-refractivity contribution >= 4 is 11.6 Å². The van der Waals surface area contributed by atoms with Crippen LogP contribution in [0.2, 0.25) is 0 Å². The lowest BCUT2D eigenvalue weighted by Gasteiger charge is -2.11. The van der Waals surface area contributed by atoms with Crippen molar-refractivity contribution in [1.29, 1.82) is 0 Å². The van der Waals surface area contributed by atoms with Gasteiger partial charge in [0.2, 0.25) is 0 Å². The first-order valence-electron chi connectivity index (χ1n) is 3.62. The molecule has 1 heterocycles. The molecule has 0 aliphatic rings. The third-order valence-corrected chi connectivity index (χ3v) is 2.14. The van der Waals surface area contributed by atoms with Crippen LogP contribution in [0.15, 0.2) is 18.6 Å². The fourth-order valence-electron chi connectivity index (χ4n) is 0.806. The third-order valence-electron chi connectivity index (χ3n) is 1.76. The molecule has 0 aromatic carbocycles. The van der Waals surface area contributed by atoms with Crippen LogP contribution >= 0.6 is 11.6 Å². The van der Waals surface area contributed by atoms with Gasteiger partial charge in [0, 0.05) is 23.2 Å². The van der Waals surface area contributed by atoms with E-state index >= 15 is 0 Å². The van der Waals surface area contributed by atoms with Gasteiger partial charge in [-0.1, -0.05) is 6.92 Å². The average molecular weight is 171 g/mol. The molecule has 11 heavy (non-hydrogen) atoms. The lowest BCUT2D eigenvalue weighted by molar-refractivity contribution is 0.712. The van der Waals surface area contributed by atoms with E-state index in [-0.39, 0.29) is 5.38 Å². The van der Waals surface area contributed by atoms with Crippen LogP contribution in [-0.4, -0.2) is 15.3 Å². The summed E-state index contributed by atoms with van der Waals surface area (Å²) in [7, 11) is 0. The lowest BCUT2D eigenvalue weighted by Crippen LogP contribution is -2.06. The van der Waals surface area contributed by atoms with Crippen molar-refractivity contribution in [2.75, 3.05) is 0 Å². The predicted molar refractivity (Wildman–Crippen MR) is 45.8 cm³/mol. The van der Waals surface area contributed by atoms with Crippen LogP contribution in [0.25, 0.3) is 0 Å². The summed E-state index contributed by atoms with van der Waals surface area (Å²) in [5, 5.41) is 0.116. The Bertz CT molecular complexity index is 211. The molecule has 0 spiro atoms. The van der Waals surface area contributed by atoms with E-state index in [1.165, 1.54) is 0 Å². The molecule has 0 aliphatic heterocycles. The van der Waals surface area contributed by atoms with Gasteiger partial charge in [-0.15, -0.1) is 11.6 Å². The lowest BCUT2D eigenvalue weighted by atomic mass is 10.1. The van der Waals surface area contributed by atoms with Crippen LogP contribution in [0.3, 0.4) is 0 Å². The number of hydrogen-bond acceptors (Lipinski definition) is 2. The zero-order chi connectivity index (χ0) is 8.27. The van der Waals surface area contributed by atoms with E-state index in [1.807, 2.05) is 13.0 Å². The second-order valence-corrected chi connectivity index (χ2v) is 3.29. The summed E-state index contributed by atoms with van der Waals surface area (Å²) in [6.07, 6.45) is 3.28. The molecule has 0 aliphatic carbocycles. The molecule has 3 heteroatoms. The molecule has 0 fully saturated rings. The molecule has 1 rings (SSSR count). The molecular weight excluding hydrogens is 160 g/mol. The van der Waals surface area contributed by atoms with Crippen molar-refractivity contribution in [2.45, 2.75) is 25.1 Å². The van der Waals surface area contributed by atoms with Gasteiger partial charge in [-0.3, -0.25) is 0 Å². The van der Waals surface area contributed by atoms with E-state index in [4.69, 9.17) is 11.6 Å². The van der Waals surface area contributed by atoms with E-state index in [0.717, 1.165) is 5.69 Å². The van der Waals surface area contributed by atoms with E-state index in [1.54, 1.807) is 12.5 Å². The number of aromatic nitrogens is 2. The van der Waals surface area contributed by atoms with E-state index in [2.05, 4.69) is 16.9 Å². The van der Waals surface area contributed by atoms with Crippen molar-refractivity contribution in [1.82, 2.24) is 9.97 Å². The molecule has 0 amide bonds. The minimum atomic E-state index is 0.116. The number of rotatable bonds is 2. The first kappa shape index (κ1) is 8.47. The van der Waals surface area contributed by atoms with E-state index in [0.29, 0.717) is 5.92 Å². The van der Waals surface area contributed by atoms with Crippen molar-refractivity contribution in [3.8, 4) is 0 Å². The van der Waals surface area contributed by atoms with Crippen LogP contribution < -0.4 is 0 Å². The highest BCUT2D eigenvalue weighted by Gasteiger charge is 2.11. The topological polar surface area (TPSA) is 25.8 Å². The average Bonchev–Trinajstić information content (AvgIpc) is 2.05. The van der Waals surface area contributed by atoms with Gasteiger partial charge in [-0.2, -0.15) is 0 Å². The molecule has 2 atom stereocenters. The highest BCUT2D eigenvalue weighted by molar-refractivity contribution is 6.20. The molecule has 0 N–H and O–H groups in total. The highest BCUT2D eigenvalue weighted by atomic mass is 35.5. The summed E-state index contributed by atoms with van der Waals surface area (Å²) >= 11 is 5.90. The van der Waals surface area contributed by atoms with Crippen LogP contribution in [0, 0.1) is 0 Å². The molecule has 1 aromatic rings. The van der Waals surface area contributed by atoms with Gasteiger partial charge in [-0.05, 0) is 13.0 Å². The van der Waals surface area contributed by atoms with E-state index in [9.17, 15) is 0 Å². The van der Waals surface area contributed by atoms with Crippen LogP contribution in [0.4, 0.5) is 0 Å². The fourth-order valence-corrected chi connectivity index (χ4v) is 0.935. The molecule has 1 aromatic heterocycles. The number of hydrogen-bond donors (Lipinski definition) is 0. The van der Waals surface area contributed by atoms with Gasteiger partial charge < -0.3 is 0 Å². The quantitative estimate of drug-likeness (QED) is 0.636. The number of nitrogens with zero attached hydrogens (tertiary/aromatic N) is 2. The van der Waals surface area contributed by atoms with E-state index < -0.39 is 0 Å². The Morgan fingerprint density at radius 3 is 2.64 bits per heavy atom. The van der Waals surface area contributed by atoms with Gasteiger partial charge >= 0.3 is 0 Å². The molecule has 60 valence electrons. The maximum absolute atomic E-state index is 5.90. The Hall–Kier alpha value is -0.630. The first-order valence-corrected chi connectivity index (χ1v) is 4.05. The SMILES string of the molecule is CC(Cl)C(C)c1ccncn1. The minimum absolute atomic E-state index is 0.116. The summed E-state index contributed by atoms with van der Waals surface area (Å²) in [4.78, 5) is 7.94. The van der Waals surface area contributed by atoms with Crippen molar-refractivity contribution < 1.29 is 0 Å². The molecular formula is C8H11ClN2. The molecule has 0 saturated heterocycles. The Morgan fingerprint density at radius 1 is 1.45 bits per heavy atom. The zero-order valence-corrected chi connectivity index (χ0v) is 7.42. The maximum atomic E-state index is 5.90. The van der Waals surface area contributed by atoms with Gasteiger partial charge in [0.25, 0.3) is 0 Å². The van der Waals surface area contributed by atoms with Gasteiger partial charge in [0.05, 0.1) is 0 Å². The third kappa shape index (κ3) is 2.15. The Kier molecular flexibility index (Phi) is 2.83. The maximum Gasteiger partial charge on any atom is 0.115 e. The summed E-state index contributed by atoms with van der Waals surface area (Å²) in [6, 6.07) is 1.89. The van der Waals surface area contributed by atoms with Crippen LogP contribution in [0.1, 0.15) is 25.5 Å². The summed E-state index contributed by atoms with van der Waals surface area (Å²) in [6.45, 7) is 4.02. The van der Waals surface area contributed by atoms with Crippen molar-refractivity contribution in [2.24, 2.45) is 0 Å². The highest BCUT2D eigenvalue weighted by Crippen LogP contribution is 2.19. The Morgan fingerprint density at radius 2 is 2.18 bits per heavy atom. The summed E-state index contributed by atoms with van der Waals surface area (Å²) in [5.41, 5.74) is 1.00. The Balaban J connectivity index is 2.77. The minimum Gasteiger partial charge on any atom is -0.245 e. The summed E-state index contributed by atoms with van der Waals surface area (Å²) in [5.74, 6) is 0.291. The van der Waals surface area contributed by atoms with Gasteiger partial charge in [-0.25, -0.2) is 9.97 Å². The number of alkyl halides is 1. The van der Waals surface area contributed by atoms with Crippen LogP contribution in [-0.2, 0) is 0 Å². The monoisotopic (exact) mass is 170 g/mol. The molecule has 2 unspecified atom stereocenters. The first-order chi connectivity index (χ1) is 5.22. The normalized spacial score (nSPS) is 15.9. The van der Waals surface area contributed by atoms with Crippen molar-refractivity contribution in [3.05, 3.63) is 24.3 Å². The van der Waals surface area contributed by atoms with Gasteiger partial charge in [0.15, 0.2) is 0 Å². The second-order valence-electron chi connectivity index (χ2n) is 2.60. The predicted octanol–water partition coefficient (Wildman–Crippen LogP) is 2.21. The van der Waals surface area contributed by atoms with Crippen molar-refractivity contribution in [3.63, 3.8) is 0 Å².